The second-order valence-corrected chi connectivity index (χ2v) is 6.92. The van der Waals surface area contributed by atoms with Crippen molar-refractivity contribution in [2.45, 2.75) is 38.6 Å². The zero-order valence-corrected chi connectivity index (χ0v) is 15.1. The third kappa shape index (κ3) is 3.39. The number of ether oxygens (including phenoxy) is 1. The summed E-state index contributed by atoms with van der Waals surface area (Å²) in [7, 11) is 0. The first-order valence-corrected chi connectivity index (χ1v) is 8.91. The fourth-order valence-electron chi connectivity index (χ4n) is 3.63. The molecule has 148 valence electrons. The highest BCUT2D eigenvalue weighted by molar-refractivity contribution is 5.86. The number of alkyl halides is 3. The van der Waals surface area contributed by atoms with Crippen molar-refractivity contribution >= 4 is 22.5 Å². The molecule has 3 aromatic rings. The number of amides is 1. The molecule has 0 radical (unpaired) electrons. The van der Waals surface area contributed by atoms with Crippen LogP contribution in [0.3, 0.4) is 0 Å². The standard InChI is InChI=1S/C18H18F3N5O2/c1-11-4-2-5-12-8-13(16-22-23-24-26(16)15(11)12)9-25(17(27)18(19,20)21)10-14-6-3-7-28-14/h2,4-5,8,14H,3,6-7,9-10H2,1H3/t14-/m0/s1. The van der Waals surface area contributed by atoms with Crippen molar-refractivity contribution in [1.82, 2.24) is 24.9 Å². The van der Waals surface area contributed by atoms with Gasteiger partial charge in [0, 0.05) is 30.6 Å². The minimum Gasteiger partial charge on any atom is -0.376 e. The van der Waals surface area contributed by atoms with Crippen LogP contribution in [0.2, 0.25) is 0 Å². The summed E-state index contributed by atoms with van der Waals surface area (Å²) in [6, 6.07) is 7.33. The number of hydrogen-bond donors (Lipinski definition) is 0. The van der Waals surface area contributed by atoms with Gasteiger partial charge in [-0.2, -0.15) is 17.7 Å². The second kappa shape index (κ2) is 7.01. The first-order chi connectivity index (χ1) is 13.3. The lowest BCUT2D eigenvalue weighted by atomic mass is 10.1. The Hall–Kier alpha value is -2.75. The van der Waals surface area contributed by atoms with Crippen molar-refractivity contribution in [2.24, 2.45) is 0 Å². The number of para-hydroxylation sites is 1. The zero-order chi connectivity index (χ0) is 19.9. The smallest absolute Gasteiger partial charge is 0.376 e. The van der Waals surface area contributed by atoms with Crippen molar-refractivity contribution in [3.8, 4) is 0 Å². The van der Waals surface area contributed by atoms with Gasteiger partial charge in [-0.05, 0) is 41.8 Å². The first kappa shape index (κ1) is 18.6. The molecular formula is C18H18F3N5O2. The molecule has 0 spiro atoms. The summed E-state index contributed by atoms with van der Waals surface area (Å²) in [5.41, 5.74) is 2.48. The fraction of sp³-hybridized carbons (Fsp3) is 0.444. The number of benzene rings is 1. The number of halogens is 3. The maximum absolute atomic E-state index is 13.2. The predicted molar refractivity (Wildman–Crippen MR) is 93.5 cm³/mol. The monoisotopic (exact) mass is 393 g/mol. The molecule has 0 unspecified atom stereocenters. The van der Waals surface area contributed by atoms with Gasteiger partial charge in [0.25, 0.3) is 0 Å². The van der Waals surface area contributed by atoms with E-state index in [1.54, 1.807) is 6.07 Å². The lowest BCUT2D eigenvalue weighted by Crippen LogP contribution is -2.44. The van der Waals surface area contributed by atoms with Crippen LogP contribution in [0, 0.1) is 6.92 Å². The van der Waals surface area contributed by atoms with Crippen LogP contribution in [-0.2, 0) is 16.1 Å². The molecule has 1 amide bonds. The molecule has 0 aliphatic carbocycles. The highest BCUT2D eigenvalue weighted by Crippen LogP contribution is 2.26. The van der Waals surface area contributed by atoms with Crippen molar-refractivity contribution in [1.29, 1.82) is 0 Å². The summed E-state index contributed by atoms with van der Waals surface area (Å²) in [4.78, 5) is 12.8. The van der Waals surface area contributed by atoms with Gasteiger partial charge in [0.05, 0.1) is 11.6 Å². The van der Waals surface area contributed by atoms with Gasteiger partial charge in [0.2, 0.25) is 0 Å². The maximum Gasteiger partial charge on any atom is 0.471 e. The largest absolute Gasteiger partial charge is 0.471 e. The Bertz CT molecular complexity index is 1030. The predicted octanol–water partition coefficient (Wildman–Crippen LogP) is 2.66. The van der Waals surface area contributed by atoms with E-state index in [-0.39, 0.29) is 13.1 Å². The number of hydrogen-bond acceptors (Lipinski definition) is 5. The molecule has 1 aromatic carbocycles. The lowest BCUT2D eigenvalue weighted by molar-refractivity contribution is -0.187. The van der Waals surface area contributed by atoms with E-state index in [0.29, 0.717) is 24.2 Å². The van der Waals surface area contributed by atoms with Gasteiger partial charge in [0.1, 0.15) is 0 Å². The molecule has 28 heavy (non-hydrogen) atoms. The Morgan fingerprint density at radius 3 is 2.93 bits per heavy atom. The number of fused-ring (bicyclic) bond motifs is 3. The summed E-state index contributed by atoms with van der Waals surface area (Å²) in [5.74, 6) is -1.89. The van der Waals surface area contributed by atoms with Gasteiger partial charge >= 0.3 is 12.1 Å². The quantitative estimate of drug-likeness (QED) is 0.682. The Balaban J connectivity index is 1.75. The van der Waals surface area contributed by atoms with E-state index >= 15 is 0 Å². The average molecular weight is 393 g/mol. The molecule has 10 heteroatoms. The van der Waals surface area contributed by atoms with Gasteiger partial charge in [-0.25, -0.2) is 0 Å². The molecule has 1 aliphatic heterocycles. The van der Waals surface area contributed by atoms with Crippen LogP contribution in [0.15, 0.2) is 24.3 Å². The van der Waals surface area contributed by atoms with Gasteiger partial charge in [-0.3, -0.25) is 4.79 Å². The molecule has 3 heterocycles. The molecule has 4 rings (SSSR count). The van der Waals surface area contributed by atoms with Crippen LogP contribution in [0.4, 0.5) is 13.2 Å². The van der Waals surface area contributed by atoms with Crippen LogP contribution in [-0.4, -0.2) is 56.3 Å². The van der Waals surface area contributed by atoms with Crippen molar-refractivity contribution in [3.63, 3.8) is 0 Å². The van der Waals surface area contributed by atoms with E-state index < -0.39 is 18.2 Å². The number of nitrogens with zero attached hydrogens (tertiary/aromatic N) is 5. The van der Waals surface area contributed by atoms with Crippen LogP contribution >= 0.6 is 0 Å². The molecule has 1 aliphatic rings. The molecule has 2 aromatic heterocycles. The molecule has 0 N–H and O–H groups in total. The zero-order valence-electron chi connectivity index (χ0n) is 15.1. The number of pyridine rings is 1. The second-order valence-electron chi connectivity index (χ2n) is 6.92. The normalized spacial score (nSPS) is 17.5. The minimum atomic E-state index is -4.96. The lowest BCUT2D eigenvalue weighted by Gasteiger charge is -2.26. The molecule has 0 bridgehead atoms. The molecule has 1 fully saturated rings. The summed E-state index contributed by atoms with van der Waals surface area (Å²) in [5, 5.41) is 12.4. The third-order valence-electron chi connectivity index (χ3n) is 4.91. The Morgan fingerprint density at radius 1 is 1.39 bits per heavy atom. The molecule has 0 saturated carbocycles. The number of carbonyl (C=O) groups excluding carboxylic acids is 1. The van der Waals surface area contributed by atoms with Crippen LogP contribution in [0.1, 0.15) is 24.0 Å². The van der Waals surface area contributed by atoms with Gasteiger partial charge in [0.15, 0.2) is 5.65 Å². The highest BCUT2D eigenvalue weighted by atomic mass is 19.4. The van der Waals surface area contributed by atoms with E-state index in [1.807, 2.05) is 25.1 Å². The summed E-state index contributed by atoms with van der Waals surface area (Å²) in [6.07, 6.45) is -3.97. The van der Waals surface area contributed by atoms with Crippen LogP contribution in [0.5, 0.6) is 0 Å². The number of carbonyl (C=O) groups is 1. The van der Waals surface area contributed by atoms with Crippen molar-refractivity contribution in [3.05, 3.63) is 35.4 Å². The van der Waals surface area contributed by atoms with E-state index in [1.165, 1.54) is 4.52 Å². The minimum absolute atomic E-state index is 0.127. The summed E-state index contributed by atoms with van der Waals surface area (Å²) < 4.78 is 46.4. The summed E-state index contributed by atoms with van der Waals surface area (Å²) in [6.45, 7) is 2.01. The first-order valence-electron chi connectivity index (χ1n) is 8.91. The SMILES string of the molecule is Cc1cccc2cc(CN(C[C@@H]3CCCO3)C(=O)C(F)(F)F)c3nnnn3c12. The Morgan fingerprint density at radius 2 is 2.21 bits per heavy atom. The summed E-state index contributed by atoms with van der Waals surface area (Å²) >= 11 is 0. The number of aryl methyl sites for hydroxylation is 1. The fourth-order valence-corrected chi connectivity index (χ4v) is 3.63. The maximum atomic E-state index is 13.2. The Labute approximate surface area is 158 Å². The van der Waals surface area contributed by atoms with Crippen molar-refractivity contribution < 1.29 is 22.7 Å². The number of tetrazole rings is 1. The molecular weight excluding hydrogens is 375 g/mol. The Kier molecular flexibility index (Phi) is 4.66. The third-order valence-corrected chi connectivity index (χ3v) is 4.91. The molecule has 1 saturated heterocycles. The van der Waals surface area contributed by atoms with E-state index in [2.05, 4.69) is 15.5 Å². The topological polar surface area (TPSA) is 72.6 Å². The molecule has 1 atom stereocenters. The van der Waals surface area contributed by atoms with Crippen LogP contribution in [0.25, 0.3) is 16.6 Å². The van der Waals surface area contributed by atoms with Gasteiger partial charge < -0.3 is 9.64 Å². The average Bonchev–Trinajstić information content (AvgIpc) is 3.31. The van der Waals surface area contributed by atoms with Crippen LogP contribution < -0.4 is 0 Å². The van der Waals surface area contributed by atoms with E-state index in [9.17, 15) is 18.0 Å². The van der Waals surface area contributed by atoms with Gasteiger partial charge in [-0.1, -0.05) is 18.2 Å². The van der Waals surface area contributed by atoms with E-state index in [4.69, 9.17) is 4.74 Å². The highest BCUT2D eigenvalue weighted by Gasteiger charge is 2.43. The van der Waals surface area contributed by atoms with Crippen molar-refractivity contribution in [2.75, 3.05) is 13.2 Å². The van der Waals surface area contributed by atoms with Gasteiger partial charge in [-0.15, -0.1) is 5.10 Å². The van der Waals surface area contributed by atoms with E-state index in [0.717, 1.165) is 27.8 Å². The number of rotatable bonds is 4. The number of aromatic nitrogens is 4. The molecule has 7 nitrogen and oxygen atoms in total.